The number of rotatable bonds is 2. The Balaban J connectivity index is -0.0000000910. The van der Waals surface area contributed by atoms with Gasteiger partial charge in [0.05, 0.1) is 6.10 Å². The summed E-state index contributed by atoms with van der Waals surface area (Å²) in [6.45, 7) is 9.27. The first-order valence-electron chi connectivity index (χ1n) is 3.47. The molecule has 0 aromatic carbocycles. The summed E-state index contributed by atoms with van der Waals surface area (Å²) < 4.78 is 0. The molecule has 1 atom stereocenters. The lowest BCUT2D eigenvalue weighted by Crippen LogP contribution is -1.93. The highest BCUT2D eigenvalue weighted by Crippen LogP contribution is 1.81. The van der Waals surface area contributed by atoms with Crippen LogP contribution in [-0.2, 0) is 0 Å². The number of aliphatic hydroxyl groups excluding tert-OH is 1. The van der Waals surface area contributed by atoms with Crippen LogP contribution in [0, 0.1) is 0 Å². The third kappa shape index (κ3) is 48.0. The SMILES string of the molecule is C=CCC.CCC(C)O.O. The molecule has 2 nitrogen and oxygen atoms in total. The minimum atomic E-state index is -0.116. The van der Waals surface area contributed by atoms with Crippen LogP contribution < -0.4 is 0 Å². The van der Waals surface area contributed by atoms with Gasteiger partial charge in [-0.3, -0.25) is 0 Å². The molecular weight excluding hydrogens is 128 g/mol. The van der Waals surface area contributed by atoms with E-state index in [9.17, 15) is 0 Å². The first-order chi connectivity index (χ1) is 4.18. The molecule has 3 N–H and O–H groups in total. The average Bonchev–Trinajstić information content (AvgIpc) is 1.89. The van der Waals surface area contributed by atoms with E-state index in [1.165, 1.54) is 0 Å². The number of hydrogen-bond donors (Lipinski definition) is 1. The maximum absolute atomic E-state index is 8.36. The van der Waals surface area contributed by atoms with Crippen LogP contribution in [0.25, 0.3) is 0 Å². The topological polar surface area (TPSA) is 51.7 Å². The standard InChI is InChI=1S/C4H10O.C4H8.H2O/c1-3-4(2)5;1-3-4-2;/h4-5H,3H2,1-2H3;3H,1,4H2,2H3;1H2. The third-order valence-corrected chi connectivity index (χ3v) is 0.879. The second-order valence-electron chi connectivity index (χ2n) is 1.95. The molecule has 0 aromatic rings. The quantitative estimate of drug-likeness (QED) is 0.593. The zero-order chi connectivity index (χ0) is 7.70. The van der Waals surface area contributed by atoms with Gasteiger partial charge in [-0.15, -0.1) is 6.58 Å². The Bertz CT molecular complexity index is 51.2. The molecule has 1 unspecified atom stereocenters. The first kappa shape index (κ1) is 16.3. The lowest BCUT2D eigenvalue weighted by Gasteiger charge is -1.90. The van der Waals surface area contributed by atoms with Crippen LogP contribution in [0.1, 0.15) is 33.6 Å². The molecule has 0 aliphatic rings. The maximum atomic E-state index is 8.36. The van der Waals surface area contributed by atoms with Crippen molar-refractivity contribution in [1.29, 1.82) is 0 Å². The Morgan fingerprint density at radius 1 is 1.50 bits per heavy atom. The van der Waals surface area contributed by atoms with Gasteiger partial charge in [-0.2, -0.15) is 0 Å². The smallest absolute Gasteiger partial charge is 0.0509 e. The molecule has 0 amide bonds. The zero-order valence-corrected chi connectivity index (χ0v) is 7.22. The van der Waals surface area contributed by atoms with Crippen molar-refractivity contribution in [1.82, 2.24) is 0 Å². The second kappa shape index (κ2) is 15.9. The van der Waals surface area contributed by atoms with Crippen molar-refractivity contribution in [3.8, 4) is 0 Å². The summed E-state index contributed by atoms with van der Waals surface area (Å²) in [7, 11) is 0. The lowest BCUT2D eigenvalue weighted by atomic mass is 10.3. The Labute approximate surface area is 63.9 Å². The minimum Gasteiger partial charge on any atom is -0.412 e. The van der Waals surface area contributed by atoms with Crippen LogP contribution >= 0.6 is 0 Å². The molecule has 0 aliphatic carbocycles. The first-order valence-corrected chi connectivity index (χ1v) is 3.47. The van der Waals surface area contributed by atoms with E-state index in [4.69, 9.17) is 5.11 Å². The predicted molar refractivity (Wildman–Crippen MR) is 46.1 cm³/mol. The van der Waals surface area contributed by atoms with Crippen molar-refractivity contribution in [3.63, 3.8) is 0 Å². The molecule has 0 saturated heterocycles. The predicted octanol–water partition coefficient (Wildman–Crippen LogP) is 1.53. The van der Waals surface area contributed by atoms with Crippen molar-refractivity contribution in [3.05, 3.63) is 12.7 Å². The van der Waals surface area contributed by atoms with Gasteiger partial charge in [-0.25, -0.2) is 0 Å². The van der Waals surface area contributed by atoms with Crippen molar-refractivity contribution in [2.24, 2.45) is 0 Å². The second-order valence-corrected chi connectivity index (χ2v) is 1.95. The van der Waals surface area contributed by atoms with Gasteiger partial charge in [0.25, 0.3) is 0 Å². The fourth-order valence-corrected chi connectivity index (χ4v) is 0. The van der Waals surface area contributed by atoms with Crippen LogP contribution in [0.5, 0.6) is 0 Å². The third-order valence-electron chi connectivity index (χ3n) is 0.879. The van der Waals surface area contributed by atoms with Crippen molar-refractivity contribution in [2.75, 3.05) is 0 Å². The van der Waals surface area contributed by atoms with Crippen LogP contribution in [0.2, 0.25) is 0 Å². The van der Waals surface area contributed by atoms with Gasteiger partial charge in [0.2, 0.25) is 0 Å². The Kier molecular flexibility index (Phi) is 25.9. The van der Waals surface area contributed by atoms with Gasteiger partial charge in [0.1, 0.15) is 0 Å². The molecule has 0 heterocycles. The highest BCUT2D eigenvalue weighted by Gasteiger charge is 1.81. The van der Waals surface area contributed by atoms with Crippen LogP contribution in [0.3, 0.4) is 0 Å². The van der Waals surface area contributed by atoms with E-state index in [0.29, 0.717) is 0 Å². The zero-order valence-electron chi connectivity index (χ0n) is 7.22. The summed E-state index contributed by atoms with van der Waals surface area (Å²) in [5, 5.41) is 8.36. The fourth-order valence-electron chi connectivity index (χ4n) is 0. The molecule has 0 aliphatic heterocycles. The van der Waals surface area contributed by atoms with Gasteiger partial charge in [0.15, 0.2) is 0 Å². The Hall–Kier alpha value is -0.340. The van der Waals surface area contributed by atoms with Crippen LogP contribution in [0.4, 0.5) is 0 Å². The molecule has 0 saturated carbocycles. The highest BCUT2D eigenvalue weighted by atomic mass is 16.3. The minimum absolute atomic E-state index is 0. The normalized spacial score (nSPS) is 10.0. The summed E-state index contributed by atoms with van der Waals surface area (Å²) in [6, 6.07) is 0. The monoisotopic (exact) mass is 148 g/mol. The van der Waals surface area contributed by atoms with Crippen LogP contribution in [-0.4, -0.2) is 16.7 Å². The molecule has 0 fully saturated rings. The van der Waals surface area contributed by atoms with E-state index in [1.54, 1.807) is 6.92 Å². The summed E-state index contributed by atoms with van der Waals surface area (Å²) in [4.78, 5) is 0. The van der Waals surface area contributed by atoms with Gasteiger partial charge in [0, 0.05) is 0 Å². The van der Waals surface area contributed by atoms with Gasteiger partial charge < -0.3 is 10.6 Å². The van der Waals surface area contributed by atoms with E-state index in [1.807, 2.05) is 13.0 Å². The van der Waals surface area contributed by atoms with Crippen molar-refractivity contribution in [2.45, 2.75) is 39.7 Å². The molecule has 10 heavy (non-hydrogen) atoms. The molecule has 0 aromatic heterocycles. The number of hydrogen-bond acceptors (Lipinski definition) is 1. The average molecular weight is 148 g/mol. The molecule has 0 spiro atoms. The largest absolute Gasteiger partial charge is 0.412 e. The van der Waals surface area contributed by atoms with Crippen molar-refractivity contribution < 1.29 is 10.6 Å². The summed E-state index contributed by atoms with van der Waals surface area (Å²) >= 11 is 0. The van der Waals surface area contributed by atoms with Gasteiger partial charge >= 0.3 is 0 Å². The molecular formula is C8H20O2. The Morgan fingerprint density at radius 3 is 1.70 bits per heavy atom. The summed E-state index contributed by atoms with van der Waals surface area (Å²) in [5.41, 5.74) is 0. The van der Waals surface area contributed by atoms with Gasteiger partial charge in [-0.1, -0.05) is 19.9 Å². The summed E-state index contributed by atoms with van der Waals surface area (Å²) in [6.07, 6.45) is 3.70. The molecule has 0 bridgehead atoms. The molecule has 64 valence electrons. The maximum Gasteiger partial charge on any atom is 0.0509 e. The van der Waals surface area contributed by atoms with Gasteiger partial charge in [-0.05, 0) is 19.8 Å². The van der Waals surface area contributed by atoms with E-state index in [0.717, 1.165) is 12.8 Å². The van der Waals surface area contributed by atoms with Crippen molar-refractivity contribution >= 4 is 0 Å². The summed E-state index contributed by atoms with van der Waals surface area (Å²) in [5.74, 6) is 0. The van der Waals surface area contributed by atoms with E-state index in [-0.39, 0.29) is 11.6 Å². The Morgan fingerprint density at radius 2 is 1.70 bits per heavy atom. The van der Waals surface area contributed by atoms with E-state index >= 15 is 0 Å². The van der Waals surface area contributed by atoms with E-state index in [2.05, 4.69) is 13.5 Å². The highest BCUT2D eigenvalue weighted by molar-refractivity contribution is 4.60. The molecule has 0 rings (SSSR count). The number of allylic oxidation sites excluding steroid dienone is 1. The lowest BCUT2D eigenvalue weighted by molar-refractivity contribution is 0.191. The van der Waals surface area contributed by atoms with Crippen LogP contribution in [0.15, 0.2) is 12.7 Å². The fraction of sp³-hybridized carbons (Fsp3) is 0.750. The number of aliphatic hydroxyl groups is 1. The molecule has 2 heteroatoms. The van der Waals surface area contributed by atoms with E-state index < -0.39 is 0 Å². The molecule has 0 radical (unpaired) electrons.